The summed E-state index contributed by atoms with van der Waals surface area (Å²) < 4.78 is 12.4. The van der Waals surface area contributed by atoms with E-state index in [2.05, 4.69) is 58.4 Å². The molecule has 1 spiro atoms. The lowest BCUT2D eigenvalue weighted by atomic mass is 9.73. The Labute approximate surface area is 316 Å². The van der Waals surface area contributed by atoms with Crippen LogP contribution < -0.4 is 14.8 Å². The molecule has 4 heterocycles. The molecule has 3 fully saturated rings. The molecule has 3 saturated heterocycles. The largest absolute Gasteiger partial charge is 0.508 e. The van der Waals surface area contributed by atoms with E-state index in [0.717, 1.165) is 73.7 Å². The zero-order valence-corrected chi connectivity index (χ0v) is 30.6. The van der Waals surface area contributed by atoms with Gasteiger partial charge in [-0.2, -0.15) is 0 Å². The van der Waals surface area contributed by atoms with E-state index < -0.39 is 11.9 Å². The molecule has 0 radical (unpaired) electrons. The van der Waals surface area contributed by atoms with Gasteiger partial charge in [-0.3, -0.25) is 29.5 Å². The number of rotatable bonds is 13. The van der Waals surface area contributed by atoms with Crippen molar-refractivity contribution in [1.82, 2.24) is 20.0 Å². The van der Waals surface area contributed by atoms with Crippen LogP contribution in [-0.2, 0) is 16.1 Å². The summed E-state index contributed by atoms with van der Waals surface area (Å²) in [4.78, 5) is 43.6. The lowest BCUT2D eigenvalue weighted by molar-refractivity contribution is -0.136. The van der Waals surface area contributed by atoms with E-state index >= 15 is 0 Å². The second-order valence-electron chi connectivity index (χ2n) is 14.9. The summed E-state index contributed by atoms with van der Waals surface area (Å²) in [6, 6.07) is 31.1. The van der Waals surface area contributed by atoms with Crippen molar-refractivity contribution in [3.63, 3.8) is 0 Å². The Morgan fingerprint density at radius 3 is 2.07 bits per heavy atom. The minimum absolute atomic E-state index is 0.189. The Bertz CT molecular complexity index is 2050. The number of hydrogen-bond donors (Lipinski definition) is 2. The third-order valence-corrected chi connectivity index (χ3v) is 11.2. The highest BCUT2D eigenvalue weighted by Crippen LogP contribution is 2.40. The van der Waals surface area contributed by atoms with Crippen molar-refractivity contribution in [3.8, 4) is 17.2 Å². The predicted molar refractivity (Wildman–Crippen MR) is 206 cm³/mol. The number of piperidine rings is 1. The van der Waals surface area contributed by atoms with Crippen LogP contribution in [0.2, 0.25) is 0 Å². The molecule has 0 aliphatic carbocycles. The van der Waals surface area contributed by atoms with Gasteiger partial charge in [-0.05, 0) is 77.1 Å². The first-order valence-corrected chi connectivity index (χ1v) is 18.9. The fourth-order valence-electron chi connectivity index (χ4n) is 8.62. The Morgan fingerprint density at radius 2 is 1.43 bits per heavy atom. The van der Waals surface area contributed by atoms with Crippen LogP contribution in [-0.4, -0.2) is 96.1 Å². The normalized spacial score (nSPS) is 19.8. The molecule has 0 saturated carbocycles. The van der Waals surface area contributed by atoms with Crippen LogP contribution in [0, 0.1) is 5.41 Å². The molecule has 1 atom stereocenters. The van der Waals surface area contributed by atoms with Crippen LogP contribution >= 0.6 is 0 Å². The number of benzene rings is 4. The van der Waals surface area contributed by atoms with Gasteiger partial charge in [0, 0.05) is 62.2 Å². The summed E-state index contributed by atoms with van der Waals surface area (Å²) in [6.07, 6.45) is 1.44. The van der Waals surface area contributed by atoms with E-state index in [1.165, 1.54) is 11.1 Å². The molecule has 0 aromatic heterocycles. The number of phenols is 1. The number of nitrogens with zero attached hydrogens (tertiary/aromatic N) is 3. The number of amides is 3. The number of imide groups is 1. The van der Waals surface area contributed by atoms with Crippen molar-refractivity contribution in [3.05, 3.63) is 125 Å². The molecule has 10 nitrogen and oxygen atoms in total. The van der Waals surface area contributed by atoms with Crippen molar-refractivity contribution >= 4 is 28.9 Å². The van der Waals surface area contributed by atoms with Crippen molar-refractivity contribution in [2.24, 2.45) is 5.41 Å². The van der Waals surface area contributed by atoms with E-state index in [9.17, 15) is 19.5 Å². The van der Waals surface area contributed by atoms with Gasteiger partial charge in [-0.1, -0.05) is 67.6 Å². The minimum Gasteiger partial charge on any atom is -0.508 e. The van der Waals surface area contributed by atoms with Gasteiger partial charge in [0.1, 0.15) is 36.5 Å². The molecule has 4 aromatic rings. The Kier molecular flexibility index (Phi) is 9.96. The van der Waals surface area contributed by atoms with Crippen LogP contribution in [0.1, 0.15) is 58.8 Å². The van der Waals surface area contributed by atoms with Gasteiger partial charge >= 0.3 is 0 Å². The molecule has 4 aliphatic heterocycles. The molecule has 4 aromatic carbocycles. The summed E-state index contributed by atoms with van der Waals surface area (Å²) in [5.41, 5.74) is 7.49. The highest BCUT2D eigenvalue weighted by Gasteiger charge is 2.51. The van der Waals surface area contributed by atoms with Crippen LogP contribution in [0.15, 0.2) is 97.1 Å². The van der Waals surface area contributed by atoms with E-state index in [1.807, 2.05) is 42.5 Å². The van der Waals surface area contributed by atoms with Crippen LogP contribution in [0.3, 0.4) is 0 Å². The fraction of sp³-hybridized carbons (Fsp3) is 0.341. The van der Waals surface area contributed by atoms with Crippen molar-refractivity contribution in [1.29, 1.82) is 0 Å². The van der Waals surface area contributed by atoms with Gasteiger partial charge in [-0.15, -0.1) is 0 Å². The van der Waals surface area contributed by atoms with Gasteiger partial charge < -0.3 is 19.5 Å². The maximum atomic E-state index is 13.1. The standard InChI is InChI=1S/C44H46N4O6/c1-2-35(30-7-4-3-5-8-30)41(31-11-15-33(49)16-12-31)32-13-17-34(18-14-32)53-23-21-46-26-44(27-46)28-47(29-44)22-24-54-39-10-6-9-36-37(39)25-48(43(36)52)38-19-20-40(50)45-42(38)51/h3-18,38,49H,2,19-29H2,1H3,(H,45,50,51)/b41-35-. The second kappa shape index (κ2) is 15.1. The van der Waals surface area contributed by atoms with Gasteiger partial charge in [0.2, 0.25) is 11.8 Å². The molecule has 278 valence electrons. The fourth-order valence-corrected chi connectivity index (χ4v) is 8.62. The number of carbonyl (C=O) groups is 3. The zero-order valence-electron chi connectivity index (χ0n) is 30.6. The third-order valence-electron chi connectivity index (χ3n) is 11.2. The maximum Gasteiger partial charge on any atom is 0.255 e. The molecule has 1 unspecified atom stereocenters. The topological polar surface area (TPSA) is 112 Å². The molecule has 3 amide bonds. The van der Waals surface area contributed by atoms with Gasteiger partial charge in [0.25, 0.3) is 5.91 Å². The average Bonchev–Trinajstić information content (AvgIpc) is 3.49. The SMILES string of the molecule is CC/C(=C(\c1ccc(O)cc1)c1ccc(OCCN2CC3(C2)CN(CCOc2cccc4c2CN(C2CCC(=O)NC2=O)C4=O)C3)cc1)c1ccccc1. The third kappa shape index (κ3) is 7.23. The molecule has 54 heavy (non-hydrogen) atoms. The summed E-state index contributed by atoms with van der Waals surface area (Å²) in [6.45, 7) is 9.55. The Balaban J connectivity index is 0.785. The van der Waals surface area contributed by atoms with E-state index in [1.54, 1.807) is 23.1 Å². The van der Waals surface area contributed by atoms with Gasteiger partial charge in [0.05, 0.1) is 6.54 Å². The average molecular weight is 727 g/mol. The lowest BCUT2D eigenvalue weighted by Gasteiger charge is -2.60. The van der Waals surface area contributed by atoms with E-state index in [0.29, 0.717) is 42.9 Å². The van der Waals surface area contributed by atoms with Crippen LogP contribution in [0.4, 0.5) is 0 Å². The summed E-state index contributed by atoms with van der Waals surface area (Å²) in [5, 5.41) is 12.3. The number of ether oxygens (including phenoxy) is 2. The smallest absolute Gasteiger partial charge is 0.255 e. The Hall–Kier alpha value is -5.45. The molecule has 8 rings (SSSR count). The predicted octanol–water partition coefficient (Wildman–Crippen LogP) is 5.60. The summed E-state index contributed by atoms with van der Waals surface area (Å²) in [5.74, 6) is 0.896. The van der Waals surface area contributed by atoms with Crippen molar-refractivity contribution in [2.45, 2.75) is 38.8 Å². The first-order valence-electron chi connectivity index (χ1n) is 18.9. The van der Waals surface area contributed by atoms with E-state index in [4.69, 9.17) is 9.47 Å². The number of carbonyl (C=O) groups excluding carboxylic acids is 3. The minimum atomic E-state index is -0.637. The number of phenolic OH excluding ortho intramolecular Hbond substituents is 1. The highest BCUT2D eigenvalue weighted by molar-refractivity contribution is 6.05. The quantitative estimate of drug-likeness (QED) is 0.136. The number of nitrogens with one attached hydrogen (secondary N) is 1. The molecule has 2 N–H and O–H groups in total. The van der Waals surface area contributed by atoms with E-state index in [-0.39, 0.29) is 24.0 Å². The number of fused-ring (bicyclic) bond motifs is 1. The van der Waals surface area contributed by atoms with Crippen molar-refractivity contribution in [2.75, 3.05) is 52.5 Å². The summed E-state index contributed by atoms with van der Waals surface area (Å²) in [7, 11) is 0. The van der Waals surface area contributed by atoms with Crippen LogP contribution in [0.25, 0.3) is 11.1 Å². The lowest BCUT2D eigenvalue weighted by Crippen LogP contribution is -2.72. The second-order valence-corrected chi connectivity index (χ2v) is 14.9. The summed E-state index contributed by atoms with van der Waals surface area (Å²) >= 11 is 0. The monoisotopic (exact) mass is 726 g/mol. The van der Waals surface area contributed by atoms with Gasteiger partial charge in [0.15, 0.2) is 0 Å². The molecule has 0 bridgehead atoms. The zero-order chi connectivity index (χ0) is 37.2. The molecule has 4 aliphatic rings. The van der Waals surface area contributed by atoms with Gasteiger partial charge in [-0.25, -0.2) is 0 Å². The molecule has 10 heteroatoms. The number of hydrogen-bond acceptors (Lipinski definition) is 8. The van der Waals surface area contributed by atoms with Crippen LogP contribution in [0.5, 0.6) is 17.2 Å². The molecular formula is C44H46N4O6. The number of likely N-dealkylation sites (tertiary alicyclic amines) is 2. The first kappa shape index (κ1) is 35.6. The van der Waals surface area contributed by atoms with Crippen molar-refractivity contribution < 1.29 is 29.0 Å². The maximum absolute atomic E-state index is 13.1. The number of aromatic hydroxyl groups is 1. The molecular weight excluding hydrogens is 681 g/mol. The Morgan fingerprint density at radius 1 is 0.778 bits per heavy atom. The number of allylic oxidation sites excluding steroid dienone is 1. The first-order chi connectivity index (χ1) is 26.3. The highest BCUT2D eigenvalue weighted by atomic mass is 16.5.